The lowest BCUT2D eigenvalue weighted by molar-refractivity contribution is -0.142. The molecule has 3 aromatic carbocycles. The van der Waals surface area contributed by atoms with Crippen molar-refractivity contribution in [1.82, 2.24) is 0 Å². The van der Waals surface area contributed by atoms with Gasteiger partial charge in [-0.25, -0.2) is 0 Å². The molecule has 224 valence electrons. The van der Waals surface area contributed by atoms with Crippen molar-refractivity contribution in [2.45, 2.75) is 63.4 Å². The Balaban J connectivity index is 1.45. The molecule has 0 bridgehead atoms. The number of Topliss-reactive ketones (excluding diaryl/α,β-unsaturated/α-hetero) is 4. The minimum atomic E-state index is -1.07. The summed E-state index contributed by atoms with van der Waals surface area (Å²) in [4.78, 5) is 55.3. The molecule has 0 amide bonds. The lowest BCUT2D eigenvalue weighted by atomic mass is 9.62. The molecule has 0 heterocycles. The first-order valence-corrected chi connectivity index (χ1v) is 14.8. The smallest absolute Gasteiger partial charge is 0.144 e. The third-order valence-corrected chi connectivity index (χ3v) is 8.71. The first-order chi connectivity index (χ1) is 20.7. The van der Waals surface area contributed by atoms with Gasteiger partial charge in [-0.3, -0.25) is 19.2 Å². The maximum absolute atomic E-state index is 13.8. The van der Waals surface area contributed by atoms with Crippen LogP contribution in [0.25, 0.3) is 0 Å². The van der Waals surface area contributed by atoms with E-state index in [2.05, 4.69) is 0 Å². The molecule has 0 N–H and O–H groups in total. The van der Waals surface area contributed by atoms with Crippen molar-refractivity contribution in [3.05, 3.63) is 89.5 Å². The first kappa shape index (κ1) is 30.2. The largest absolute Gasteiger partial charge is 0.497 e. The molecule has 2 aliphatic carbocycles. The molecule has 0 aliphatic heterocycles. The molecule has 0 unspecified atom stereocenters. The van der Waals surface area contributed by atoms with E-state index in [9.17, 15) is 19.2 Å². The minimum absolute atomic E-state index is 0.0329. The van der Waals surface area contributed by atoms with Gasteiger partial charge in [-0.15, -0.1) is 0 Å². The highest BCUT2D eigenvalue weighted by Crippen LogP contribution is 2.46. The van der Waals surface area contributed by atoms with Crippen molar-refractivity contribution in [2.24, 2.45) is 11.8 Å². The number of ether oxygens (including phenoxy) is 3. The highest BCUT2D eigenvalue weighted by atomic mass is 16.5. The second-order valence-corrected chi connectivity index (χ2v) is 11.8. The lowest BCUT2D eigenvalue weighted by Gasteiger charge is -2.38. The number of hydrogen-bond donors (Lipinski definition) is 0. The summed E-state index contributed by atoms with van der Waals surface area (Å²) in [5.41, 5.74) is 2.40. The van der Waals surface area contributed by atoms with Crippen molar-refractivity contribution < 1.29 is 33.4 Å². The molecule has 0 aromatic heterocycles. The molecular formula is C36H38O7. The van der Waals surface area contributed by atoms with Gasteiger partial charge in [0.25, 0.3) is 0 Å². The van der Waals surface area contributed by atoms with Gasteiger partial charge in [0, 0.05) is 31.6 Å². The summed E-state index contributed by atoms with van der Waals surface area (Å²) in [6, 6.07) is 21.9. The molecule has 7 heteroatoms. The molecule has 7 nitrogen and oxygen atoms in total. The Morgan fingerprint density at radius 2 is 0.884 bits per heavy atom. The van der Waals surface area contributed by atoms with Gasteiger partial charge in [-0.2, -0.15) is 0 Å². The van der Waals surface area contributed by atoms with Crippen LogP contribution in [0.4, 0.5) is 0 Å². The SMILES string of the molecule is COc1ccc(C2CC(=O)C(C(c3ccc(OC(C)C)cc3)C3C(=O)CC(c4ccc(OC)cc4)CC3=O)C(=O)C2)cc1. The van der Waals surface area contributed by atoms with Crippen LogP contribution >= 0.6 is 0 Å². The van der Waals surface area contributed by atoms with E-state index in [4.69, 9.17) is 14.2 Å². The quantitative estimate of drug-likeness (QED) is 0.276. The van der Waals surface area contributed by atoms with Gasteiger partial charge in [-0.1, -0.05) is 36.4 Å². The summed E-state index contributed by atoms with van der Waals surface area (Å²) >= 11 is 0. The minimum Gasteiger partial charge on any atom is -0.497 e. The summed E-state index contributed by atoms with van der Waals surface area (Å²) in [6.07, 6.45) is 0.623. The zero-order valence-corrected chi connectivity index (χ0v) is 25.1. The fraction of sp³-hybridized carbons (Fsp3) is 0.389. The van der Waals surface area contributed by atoms with E-state index >= 15 is 0 Å². The third-order valence-electron chi connectivity index (χ3n) is 8.71. The Kier molecular flexibility index (Phi) is 9.09. The van der Waals surface area contributed by atoms with Gasteiger partial charge < -0.3 is 14.2 Å². The zero-order chi connectivity index (χ0) is 30.7. The van der Waals surface area contributed by atoms with Crippen molar-refractivity contribution in [2.75, 3.05) is 14.2 Å². The predicted octanol–water partition coefficient (Wildman–Crippen LogP) is 6.24. The first-order valence-electron chi connectivity index (χ1n) is 14.8. The van der Waals surface area contributed by atoms with E-state index in [1.165, 1.54) is 0 Å². The summed E-state index contributed by atoms with van der Waals surface area (Å²) in [5.74, 6) is -2.42. The van der Waals surface area contributed by atoms with E-state index in [-0.39, 0.29) is 66.8 Å². The van der Waals surface area contributed by atoms with Crippen LogP contribution < -0.4 is 14.2 Å². The molecule has 5 rings (SSSR count). The summed E-state index contributed by atoms with van der Waals surface area (Å²) < 4.78 is 16.3. The van der Waals surface area contributed by atoms with Crippen LogP contribution in [0.1, 0.15) is 74.0 Å². The molecule has 0 atom stereocenters. The monoisotopic (exact) mass is 582 g/mol. The number of hydrogen-bond acceptors (Lipinski definition) is 7. The second kappa shape index (κ2) is 12.9. The number of carbonyl (C=O) groups excluding carboxylic acids is 4. The van der Waals surface area contributed by atoms with Crippen LogP contribution in [0.2, 0.25) is 0 Å². The lowest BCUT2D eigenvalue weighted by Crippen LogP contribution is -2.45. The maximum Gasteiger partial charge on any atom is 0.144 e. The van der Waals surface area contributed by atoms with Gasteiger partial charge in [-0.05, 0) is 78.8 Å². The van der Waals surface area contributed by atoms with Crippen molar-refractivity contribution in [3.8, 4) is 17.2 Å². The fourth-order valence-corrected chi connectivity index (χ4v) is 6.63. The summed E-state index contributed by atoms with van der Waals surface area (Å²) in [5, 5.41) is 0. The summed E-state index contributed by atoms with van der Waals surface area (Å²) in [6.45, 7) is 3.85. The molecule has 3 aromatic rings. The zero-order valence-electron chi connectivity index (χ0n) is 25.1. The number of carbonyl (C=O) groups is 4. The number of rotatable bonds is 9. The van der Waals surface area contributed by atoms with E-state index in [1.54, 1.807) is 38.5 Å². The van der Waals surface area contributed by atoms with Gasteiger partial charge in [0.1, 0.15) is 40.4 Å². The molecule has 43 heavy (non-hydrogen) atoms. The maximum atomic E-state index is 13.8. The van der Waals surface area contributed by atoms with Gasteiger partial charge >= 0.3 is 0 Å². The van der Waals surface area contributed by atoms with Crippen molar-refractivity contribution in [1.29, 1.82) is 0 Å². The van der Waals surface area contributed by atoms with E-state index < -0.39 is 17.8 Å². The molecule has 2 fully saturated rings. The number of ketones is 4. The molecule has 0 spiro atoms. The van der Waals surface area contributed by atoms with E-state index in [0.29, 0.717) is 22.8 Å². The van der Waals surface area contributed by atoms with Crippen molar-refractivity contribution in [3.63, 3.8) is 0 Å². The topological polar surface area (TPSA) is 96.0 Å². The molecule has 2 saturated carbocycles. The predicted molar refractivity (Wildman–Crippen MR) is 162 cm³/mol. The van der Waals surface area contributed by atoms with Gasteiger partial charge in [0.15, 0.2) is 0 Å². The highest BCUT2D eigenvalue weighted by molar-refractivity contribution is 6.11. The Labute approximate surface area is 252 Å². The Morgan fingerprint density at radius 3 is 1.21 bits per heavy atom. The van der Waals surface area contributed by atoms with Gasteiger partial charge in [0.2, 0.25) is 0 Å². The molecule has 2 aliphatic rings. The standard InChI is InChI=1S/C36H38O7/c1-21(2)43-29-15-9-24(10-16-29)34(35-30(37)17-25(18-31(35)38)22-5-11-27(41-3)12-6-22)36-32(39)19-26(20-33(36)40)23-7-13-28(42-4)14-8-23/h5-16,21,25-26,34-36H,17-20H2,1-4H3. The van der Waals surface area contributed by atoms with Crippen molar-refractivity contribution >= 4 is 23.1 Å². The summed E-state index contributed by atoms with van der Waals surface area (Å²) in [7, 11) is 3.17. The molecule has 0 radical (unpaired) electrons. The number of methoxy groups -OCH3 is 2. The Hall–Kier alpha value is -4.26. The molecule has 0 saturated heterocycles. The van der Waals surface area contributed by atoms with Crippen LogP contribution in [0.15, 0.2) is 72.8 Å². The highest BCUT2D eigenvalue weighted by Gasteiger charge is 2.50. The fourth-order valence-electron chi connectivity index (χ4n) is 6.63. The Bertz CT molecular complexity index is 1350. The normalized spacial score (nSPS) is 23.3. The van der Waals surface area contributed by atoms with Crippen LogP contribution in [0.5, 0.6) is 17.2 Å². The average Bonchev–Trinajstić information content (AvgIpc) is 2.99. The van der Waals surface area contributed by atoms with Crippen LogP contribution in [0.3, 0.4) is 0 Å². The van der Waals surface area contributed by atoms with Crippen LogP contribution in [-0.2, 0) is 19.2 Å². The second-order valence-electron chi connectivity index (χ2n) is 11.8. The van der Waals surface area contributed by atoms with E-state index in [1.807, 2.05) is 62.4 Å². The van der Waals surface area contributed by atoms with E-state index in [0.717, 1.165) is 11.1 Å². The third kappa shape index (κ3) is 6.56. The average molecular weight is 583 g/mol. The number of benzene rings is 3. The van der Waals surface area contributed by atoms with Gasteiger partial charge in [0.05, 0.1) is 32.2 Å². The Morgan fingerprint density at radius 1 is 0.535 bits per heavy atom. The van der Waals surface area contributed by atoms with Crippen LogP contribution in [0, 0.1) is 11.8 Å². The van der Waals surface area contributed by atoms with Crippen LogP contribution in [-0.4, -0.2) is 43.5 Å². The molecular weight excluding hydrogens is 544 g/mol.